The molecule has 20 heavy (non-hydrogen) atoms. The molecular weight excluding hydrogens is 312 g/mol. The van der Waals surface area contributed by atoms with E-state index in [4.69, 9.17) is 11.6 Å². The average molecular weight is 329 g/mol. The fourth-order valence-corrected chi connectivity index (χ4v) is 4.03. The number of hydrogen-bond donors (Lipinski definition) is 0. The summed E-state index contributed by atoms with van der Waals surface area (Å²) in [4.78, 5) is 19.8. The zero-order valence-corrected chi connectivity index (χ0v) is 14.3. The number of thiazole rings is 1. The van der Waals surface area contributed by atoms with Crippen molar-refractivity contribution in [3.05, 3.63) is 31.9 Å². The summed E-state index contributed by atoms with van der Waals surface area (Å²) in [5.41, 5.74) is 0.737. The SMILES string of the molecule is CN(Cc1ccc(Cl)s1)c1nc(C(C)(C)C)c(C=O)s1. The van der Waals surface area contributed by atoms with E-state index >= 15 is 0 Å². The zero-order chi connectivity index (χ0) is 14.9. The smallest absolute Gasteiger partial charge is 0.186 e. The van der Waals surface area contributed by atoms with Crippen molar-refractivity contribution in [1.29, 1.82) is 0 Å². The molecule has 6 heteroatoms. The number of nitrogens with zero attached hydrogens (tertiary/aromatic N) is 2. The number of thiophene rings is 1. The number of aldehydes is 1. The predicted octanol–water partition coefficient (Wildman–Crippen LogP) is 4.60. The van der Waals surface area contributed by atoms with E-state index in [1.165, 1.54) is 16.2 Å². The maximum Gasteiger partial charge on any atom is 0.186 e. The molecule has 0 amide bonds. The first-order valence-corrected chi connectivity index (χ1v) is 8.24. The third-order valence-corrected chi connectivity index (χ3v) is 5.12. The van der Waals surface area contributed by atoms with Gasteiger partial charge in [-0.1, -0.05) is 43.7 Å². The molecular formula is C14H17ClN2OS2. The van der Waals surface area contributed by atoms with Crippen molar-refractivity contribution in [3.63, 3.8) is 0 Å². The lowest BCUT2D eigenvalue weighted by molar-refractivity contribution is 0.112. The van der Waals surface area contributed by atoms with Gasteiger partial charge in [-0.15, -0.1) is 11.3 Å². The van der Waals surface area contributed by atoms with Gasteiger partial charge in [0.05, 0.1) is 21.5 Å². The second-order valence-corrected chi connectivity index (χ2v) is 8.45. The normalized spacial score (nSPS) is 11.7. The number of rotatable bonds is 4. The highest BCUT2D eigenvalue weighted by atomic mass is 35.5. The van der Waals surface area contributed by atoms with Crippen LogP contribution in [0, 0.1) is 0 Å². The summed E-state index contributed by atoms with van der Waals surface area (Å²) in [6.45, 7) is 6.94. The summed E-state index contributed by atoms with van der Waals surface area (Å²) in [7, 11) is 1.98. The third kappa shape index (κ3) is 3.40. The Balaban J connectivity index is 2.24. The maximum atomic E-state index is 11.2. The van der Waals surface area contributed by atoms with Crippen molar-refractivity contribution in [3.8, 4) is 0 Å². The standard InChI is InChI=1S/C14H17ClN2OS2/c1-14(2,3)12-10(8-18)20-13(16-12)17(4)7-9-5-6-11(15)19-9/h5-6,8H,7H2,1-4H3. The number of hydrogen-bond acceptors (Lipinski definition) is 5. The van der Waals surface area contributed by atoms with Gasteiger partial charge in [-0.2, -0.15) is 0 Å². The lowest BCUT2D eigenvalue weighted by Crippen LogP contribution is -2.17. The molecule has 2 rings (SSSR count). The van der Waals surface area contributed by atoms with Crippen LogP contribution in [0.1, 0.15) is 41.0 Å². The number of anilines is 1. The molecule has 2 aromatic rings. The van der Waals surface area contributed by atoms with E-state index in [2.05, 4.69) is 30.7 Å². The van der Waals surface area contributed by atoms with Crippen LogP contribution in [0.5, 0.6) is 0 Å². The highest BCUT2D eigenvalue weighted by Crippen LogP contribution is 2.33. The molecule has 3 nitrogen and oxygen atoms in total. The van der Waals surface area contributed by atoms with Crippen molar-refractivity contribution in [2.24, 2.45) is 0 Å². The van der Waals surface area contributed by atoms with Gasteiger partial charge >= 0.3 is 0 Å². The minimum absolute atomic E-state index is 0.127. The lowest BCUT2D eigenvalue weighted by atomic mass is 9.91. The minimum Gasteiger partial charge on any atom is -0.346 e. The molecule has 0 saturated carbocycles. The topological polar surface area (TPSA) is 33.2 Å². The van der Waals surface area contributed by atoms with E-state index in [-0.39, 0.29) is 5.41 Å². The molecule has 0 aliphatic carbocycles. The number of carbonyl (C=O) groups is 1. The van der Waals surface area contributed by atoms with Gasteiger partial charge in [-0.25, -0.2) is 4.98 Å². The molecule has 0 atom stereocenters. The summed E-state index contributed by atoms with van der Waals surface area (Å²) < 4.78 is 0.788. The molecule has 0 spiro atoms. The lowest BCUT2D eigenvalue weighted by Gasteiger charge is -2.17. The van der Waals surface area contributed by atoms with Gasteiger partial charge in [0.15, 0.2) is 11.4 Å². The summed E-state index contributed by atoms with van der Waals surface area (Å²) in [6.07, 6.45) is 0.900. The Morgan fingerprint density at radius 1 is 1.35 bits per heavy atom. The Morgan fingerprint density at radius 2 is 2.05 bits per heavy atom. The van der Waals surface area contributed by atoms with E-state index < -0.39 is 0 Å². The van der Waals surface area contributed by atoms with Gasteiger partial charge in [-0.05, 0) is 12.1 Å². The van der Waals surface area contributed by atoms with Gasteiger partial charge in [0.2, 0.25) is 0 Å². The van der Waals surface area contributed by atoms with E-state index in [1.807, 2.05) is 19.2 Å². The van der Waals surface area contributed by atoms with E-state index in [9.17, 15) is 4.79 Å². The summed E-state index contributed by atoms with van der Waals surface area (Å²) in [5.74, 6) is 0. The molecule has 0 bridgehead atoms. The highest BCUT2D eigenvalue weighted by molar-refractivity contribution is 7.17. The highest BCUT2D eigenvalue weighted by Gasteiger charge is 2.24. The molecule has 0 radical (unpaired) electrons. The fraction of sp³-hybridized carbons (Fsp3) is 0.429. The summed E-state index contributed by atoms with van der Waals surface area (Å²) in [6, 6.07) is 3.91. The second-order valence-electron chi connectivity index (χ2n) is 5.64. The Morgan fingerprint density at radius 3 is 2.50 bits per heavy atom. The number of aromatic nitrogens is 1. The van der Waals surface area contributed by atoms with Crippen LogP contribution >= 0.6 is 34.3 Å². The molecule has 0 aromatic carbocycles. The van der Waals surface area contributed by atoms with Crippen molar-refractivity contribution in [2.45, 2.75) is 32.7 Å². The van der Waals surface area contributed by atoms with Crippen molar-refractivity contribution in [1.82, 2.24) is 4.98 Å². The van der Waals surface area contributed by atoms with Gasteiger partial charge in [0.25, 0.3) is 0 Å². The number of halogens is 1. The first kappa shape index (κ1) is 15.5. The Kier molecular flexibility index (Phi) is 4.52. The van der Waals surface area contributed by atoms with Crippen LogP contribution in [-0.4, -0.2) is 18.3 Å². The van der Waals surface area contributed by atoms with Crippen molar-refractivity contribution >= 4 is 45.7 Å². The molecule has 0 aliphatic heterocycles. The molecule has 0 unspecified atom stereocenters. The monoisotopic (exact) mass is 328 g/mol. The first-order valence-electron chi connectivity index (χ1n) is 6.23. The predicted molar refractivity (Wildman–Crippen MR) is 87.6 cm³/mol. The van der Waals surface area contributed by atoms with Crippen LogP contribution in [0.25, 0.3) is 0 Å². The molecule has 0 N–H and O–H groups in total. The third-order valence-electron chi connectivity index (χ3n) is 2.81. The molecule has 0 fully saturated rings. The van der Waals surface area contributed by atoms with Crippen LogP contribution in [0.4, 0.5) is 5.13 Å². The Hall–Kier alpha value is -0.910. The van der Waals surface area contributed by atoms with Gasteiger partial charge < -0.3 is 4.90 Å². The average Bonchev–Trinajstić information content (AvgIpc) is 2.94. The molecule has 0 aliphatic rings. The minimum atomic E-state index is -0.127. The van der Waals surface area contributed by atoms with Gasteiger partial charge in [0, 0.05) is 17.3 Å². The largest absolute Gasteiger partial charge is 0.346 e. The number of carbonyl (C=O) groups excluding carboxylic acids is 1. The molecule has 2 heterocycles. The van der Waals surface area contributed by atoms with Crippen LogP contribution in [0.3, 0.4) is 0 Å². The summed E-state index contributed by atoms with van der Waals surface area (Å²) in [5, 5.41) is 0.863. The molecule has 108 valence electrons. The second kappa shape index (κ2) is 5.84. The molecule has 2 aromatic heterocycles. The Labute approximate surface area is 132 Å². The first-order chi connectivity index (χ1) is 9.31. The van der Waals surface area contributed by atoms with Crippen LogP contribution in [-0.2, 0) is 12.0 Å². The maximum absolute atomic E-state index is 11.2. The van der Waals surface area contributed by atoms with Crippen molar-refractivity contribution < 1.29 is 4.79 Å². The quantitative estimate of drug-likeness (QED) is 0.769. The van der Waals surface area contributed by atoms with Crippen LogP contribution in [0.15, 0.2) is 12.1 Å². The summed E-state index contributed by atoms with van der Waals surface area (Å²) >= 11 is 8.95. The molecule has 0 saturated heterocycles. The van der Waals surface area contributed by atoms with E-state index in [1.54, 1.807) is 11.3 Å². The van der Waals surface area contributed by atoms with Gasteiger partial charge in [-0.3, -0.25) is 4.79 Å². The van der Waals surface area contributed by atoms with Crippen LogP contribution < -0.4 is 4.90 Å². The van der Waals surface area contributed by atoms with Gasteiger partial charge in [0.1, 0.15) is 0 Å². The Bertz CT molecular complexity index is 613. The van der Waals surface area contributed by atoms with Crippen molar-refractivity contribution in [2.75, 3.05) is 11.9 Å². The van der Waals surface area contributed by atoms with E-state index in [0.717, 1.165) is 28.0 Å². The van der Waals surface area contributed by atoms with Crippen LogP contribution in [0.2, 0.25) is 4.34 Å². The fourth-order valence-electron chi connectivity index (χ4n) is 1.84. The zero-order valence-electron chi connectivity index (χ0n) is 11.9. The van der Waals surface area contributed by atoms with E-state index in [0.29, 0.717) is 4.88 Å².